The summed E-state index contributed by atoms with van der Waals surface area (Å²) in [6.07, 6.45) is 7.26. The van der Waals surface area contributed by atoms with Crippen LogP contribution in [0.25, 0.3) is 0 Å². The molecule has 1 aliphatic heterocycles. The van der Waals surface area contributed by atoms with Gasteiger partial charge in [-0.1, -0.05) is 19.0 Å². The van der Waals surface area contributed by atoms with Crippen LogP contribution in [0.1, 0.15) is 57.2 Å². The number of hydrogen-bond acceptors (Lipinski definition) is 6. The number of rotatable bonds is 7. The summed E-state index contributed by atoms with van der Waals surface area (Å²) in [4.78, 5) is 22.8. The topological polar surface area (TPSA) is 89.9 Å². The van der Waals surface area contributed by atoms with Crippen molar-refractivity contribution in [1.29, 1.82) is 0 Å². The van der Waals surface area contributed by atoms with Gasteiger partial charge in [0.05, 0.1) is 5.92 Å². The second-order valence-electron chi connectivity index (χ2n) is 7.09. The van der Waals surface area contributed by atoms with Crippen LogP contribution in [-0.2, 0) is 17.8 Å². The highest BCUT2D eigenvalue weighted by molar-refractivity contribution is 5.76. The number of piperidine rings is 1. The molecule has 2 aromatic heterocycles. The molecule has 136 valence electrons. The standard InChI is InChI=1S/C17H26N6O2/c1-13(2)9-15-20-17(25-21-15)14-5-3-7-22(10-14)16(24)6-4-8-23-12-18-11-19-23/h11-14H,3-10H2,1-2H3. The minimum absolute atomic E-state index is 0.154. The van der Waals surface area contributed by atoms with Gasteiger partial charge in [0.25, 0.3) is 0 Å². The van der Waals surface area contributed by atoms with Gasteiger partial charge >= 0.3 is 0 Å². The molecule has 1 saturated heterocycles. The molecule has 0 aromatic carbocycles. The fourth-order valence-corrected chi connectivity index (χ4v) is 3.19. The van der Waals surface area contributed by atoms with Crippen LogP contribution >= 0.6 is 0 Å². The Morgan fingerprint density at radius 2 is 2.32 bits per heavy atom. The molecular formula is C17H26N6O2. The number of carbonyl (C=O) groups is 1. The third-order valence-corrected chi connectivity index (χ3v) is 4.44. The highest BCUT2D eigenvalue weighted by Crippen LogP contribution is 2.26. The Hall–Kier alpha value is -2.25. The third-order valence-electron chi connectivity index (χ3n) is 4.44. The lowest BCUT2D eigenvalue weighted by Crippen LogP contribution is -2.39. The molecule has 0 saturated carbocycles. The van der Waals surface area contributed by atoms with E-state index in [1.165, 1.54) is 6.33 Å². The first kappa shape index (κ1) is 17.6. The van der Waals surface area contributed by atoms with Crippen molar-refractivity contribution < 1.29 is 9.32 Å². The molecule has 0 bridgehead atoms. The molecule has 0 N–H and O–H groups in total. The average molecular weight is 346 g/mol. The Morgan fingerprint density at radius 3 is 3.08 bits per heavy atom. The lowest BCUT2D eigenvalue weighted by Gasteiger charge is -2.31. The van der Waals surface area contributed by atoms with E-state index in [4.69, 9.17) is 4.52 Å². The van der Waals surface area contributed by atoms with Gasteiger partial charge in [-0.2, -0.15) is 10.1 Å². The Kier molecular flexibility index (Phi) is 5.78. The predicted octanol–water partition coefficient (Wildman–Crippen LogP) is 2.05. The van der Waals surface area contributed by atoms with E-state index in [0.717, 1.165) is 38.1 Å². The summed E-state index contributed by atoms with van der Waals surface area (Å²) >= 11 is 0. The van der Waals surface area contributed by atoms with Gasteiger partial charge in [0.1, 0.15) is 12.7 Å². The van der Waals surface area contributed by atoms with Crippen molar-refractivity contribution in [2.45, 2.75) is 58.4 Å². The number of aromatic nitrogens is 5. The Morgan fingerprint density at radius 1 is 1.44 bits per heavy atom. The highest BCUT2D eigenvalue weighted by atomic mass is 16.5. The summed E-state index contributed by atoms with van der Waals surface area (Å²) in [7, 11) is 0. The number of hydrogen-bond donors (Lipinski definition) is 0. The summed E-state index contributed by atoms with van der Waals surface area (Å²) in [5.74, 6) is 2.28. The number of aryl methyl sites for hydroxylation is 1. The molecular weight excluding hydrogens is 320 g/mol. The quantitative estimate of drug-likeness (QED) is 0.762. The maximum atomic E-state index is 12.5. The van der Waals surface area contributed by atoms with Crippen molar-refractivity contribution in [3.05, 3.63) is 24.4 Å². The molecule has 0 spiro atoms. The summed E-state index contributed by atoms with van der Waals surface area (Å²) in [6, 6.07) is 0. The van der Waals surface area contributed by atoms with Crippen molar-refractivity contribution >= 4 is 5.91 Å². The summed E-state index contributed by atoms with van der Waals surface area (Å²) < 4.78 is 7.20. The van der Waals surface area contributed by atoms with Crippen LogP contribution in [0.2, 0.25) is 0 Å². The van der Waals surface area contributed by atoms with Crippen molar-refractivity contribution in [2.75, 3.05) is 13.1 Å². The van der Waals surface area contributed by atoms with E-state index in [2.05, 4.69) is 34.1 Å². The first-order valence-electron chi connectivity index (χ1n) is 9.04. The van der Waals surface area contributed by atoms with E-state index >= 15 is 0 Å². The number of carbonyl (C=O) groups excluding carboxylic acids is 1. The Bertz CT molecular complexity index is 666. The smallest absolute Gasteiger partial charge is 0.231 e. The number of amides is 1. The molecule has 8 nitrogen and oxygen atoms in total. The van der Waals surface area contributed by atoms with Crippen LogP contribution in [-0.4, -0.2) is 48.8 Å². The SMILES string of the molecule is CC(C)Cc1noc(C2CCCN(C(=O)CCCn3cncn3)C2)n1. The van der Waals surface area contributed by atoms with Gasteiger partial charge in [0, 0.05) is 32.5 Å². The lowest BCUT2D eigenvalue weighted by atomic mass is 9.97. The molecule has 3 heterocycles. The van der Waals surface area contributed by atoms with Gasteiger partial charge in [-0.05, 0) is 25.2 Å². The third kappa shape index (κ3) is 4.87. The highest BCUT2D eigenvalue weighted by Gasteiger charge is 2.28. The van der Waals surface area contributed by atoms with E-state index in [0.29, 0.717) is 31.3 Å². The molecule has 2 aromatic rings. The van der Waals surface area contributed by atoms with Crippen molar-refractivity contribution in [1.82, 2.24) is 29.8 Å². The summed E-state index contributed by atoms with van der Waals surface area (Å²) in [5, 5.41) is 8.13. The number of likely N-dealkylation sites (tertiary alicyclic amines) is 1. The van der Waals surface area contributed by atoms with Crippen molar-refractivity contribution in [2.24, 2.45) is 5.92 Å². The van der Waals surface area contributed by atoms with Gasteiger partial charge in [-0.25, -0.2) is 4.98 Å². The molecule has 1 unspecified atom stereocenters. The molecule has 1 fully saturated rings. The van der Waals surface area contributed by atoms with Crippen LogP contribution < -0.4 is 0 Å². The molecule has 1 atom stereocenters. The zero-order valence-electron chi connectivity index (χ0n) is 15.0. The van der Waals surface area contributed by atoms with Crippen LogP contribution in [0.5, 0.6) is 0 Å². The van der Waals surface area contributed by atoms with E-state index in [1.807, 2.05) is 4.90 Å². The maximum Gasteiger partial charge on any atom is 0.231 e. The average Bonchev–Trinajstić information content (AvgIpc) is 3.26. The predicted molar refractivity (Wildman–Crippen MR) is 90.7 cm³/mol. The maximum absolute atomic E-state index is 12.5. The van der Waals surface area contributed by atoms with Gasteiger partial charge < -0.3 is 9.42 Å². The number of nitrogens with zero attached hydrogens (tertiary/aromatic N) is 6. The van der Waals surface area contributed by atoms with Gasteiger partial charge in [-0.15, -0.1) is 0 Å². The van der Waals surface area contributed by atoms with Crippen LogP contribution in [0.4, 0.5) is 0 Å². The minimum atomic E-state index is 0.154. The van der Waals surface area contributed by atoms with Gasteiger partial charge in [0.2, 0.25) is 11.8 Å². The van der Waals surface area contributed by atoms with Crippen LogP contribution in [0, 0.1) is 5.92 Å². The van der Waals surface area contributed by atoms with E-state index in [-0.39, 0.29) is 11.8 Å². The van der Waals surface area contributed by atoms with Gasteiger partial charge in [0.15, 0.2) is 5.82 Å². The Balaban J connectivity index is 1.50. The zero-order valence-corrected chi connectivity index (χ0v) is 15.0. The summed E-state index contributed by atoms with van der Waals surface area (Å²) in [6.45, 7) is 6.47. The fraction of sp³-hybridized carbons (Fsp3) is 0.706. The first-order valence-corrected chi connectivity index (χ1v) is 9.04. The minimum Gasteiger partial charge on any atom is -0.342 e. The van der Waals surface area contributed by atoms with Gasteiger partial charge in [-0.3, -0.25) is 9.48 Å². The molecule has 8 heteroatoms. The van der Waals surface area contributed by atoms with Crippen LogP contribution in [0.3, 0.4) is 0 Å². The molecule has 3 rings (SSSR count). The molecule has 0 aliphatic carbocycles. The largest absolute Gasteiger partial charge is 0.342 e. The van der Waals surface area contributed by atoms with Crippen molar-refractivity contribution in [3.8, 4) is 0 Å². The fourth-order valence-electron chi connectivity index (χ4n) is 3.19. The van der Waals surface area contributed by atoms with E-state index < -0.39 is 0 Å². The van der Waals surface area contributed by atoms with E-state index in [1.54, 1.807) is 11.0 Å². The molecule has 1 amide bonds. The zero-order chi connectivity index (χ0) is 17.6. The lowest BCUT2D eigenvalue weighted by molar-refractivity contribution is -0.132. The monoisotopic (exact) mass is 346 g/mol. The second-order valence-corrected chi connectivity index (χ2v) is 7.09. The molecule has 25 heavy (non-hydrogen) atoms. The van der Waals surface area contributed by atoms with E-state index in [9.17, 15) is 4.79 Å². The molecule has 0 radical (unpaired) electrons. The van der Waals surface area contributed by atoms with Crippen molar-refractivity contribution in [3.63, 3.8) is 0 Å². The van der Waals surface area contributed by atoms with Crippen LogP contribution in [0.15, 0.2) is 17.2 Å². The second kappa shape index (κ2) is 8.22. The molecule has 1 aliphatic rings. The summed E-state index contributed by atoms with van der Waals surface area (Å²) in [5.41, 5.74) is 0. The first-order chi connectivity index (χ1) is 12.1. The normalized spacial score (nSPS) is 18.0. The Labute approximate surface area is 147 Å².